The maximum atomic E-state index is 11.4. The van der Waals surface area contributed by atoms with Crippen LogP contribution in [-0.2, 0) is 4.79 Å². The second-order valence-electron chi connectivity index (χ2n) is 8.07. The molecule has 1 aromatic carbocycles. The largest absolute Gasteiger partial charge is 0.382 e. The van der Waals surface area contributed by atoms with E-state index in [1.807, 2.05) is 24.3 Å². The van der Waals surface area contributed by atoms with E-state index < -0.39 is 5.44 Å². The van der Waals surface area contributed by atoms with E-state index in [1.54, 1.807) is 0 Å². The molecule has 0 saturated heterocycles. The van der Waals surface area contributed by atoms with Gasteiger partial charge in [-0.2, -0.15) is 0 Å². The molecule has 0 radical (unpaired) electrons. The number of amides is 1. The Hall–Kier alpha value is -1.00. The molecule has 4 heteroatoms. The van der Waals surface area contributed by atoms with Crippen LogP contribution in [-0.4, -0.2) is 16.4 Å². The molecule has 27 heavy (non-hydrogen) atoms. The standard InChI is InChI=1S/C23H39NO2S/c1-6-7-8-9-10-13-17(2)16-18(3)19(4)23(26)27-22-15-12-11-14-21(22)24-20(5)25/h11-12,14-15,17-19,23,26H,6-10,13,16H2,1-5H3,(H,24,25)/t17-,18-,19-,23-/m0/s1. The number of aliphatic hydroxyl groups is 1. The Labute approximate surface area is 170 Å². The van der Waals surface area contributed by atoms with Gasteiger partial charge in [0.1, 0.15) is 5.44 Å². The molecule has 0 bridgehead atoms. The van der Waals surface area contributed by atoms with E-state index >= 15 is 0 Å². The molecule has 0 aliphatic rings. The molecule has 0 aliphatic heterocycles. The highest BCUT2D eigenvalue weighted by Gasteiger charge is 2.24. The number of hydrogen-bond donors (Lipinski definition) is 2. The van der Waals surface area contributed by atoms with Crippen LogP contribution in [0.3, 0.4) is 0 Å². The lowest BCUT2D eigenvalue weighted by Gasteiger charge is -2.27. The second-order valence-corrected chi connectivity index (χ2v) is 9.22. The highest BCUT2D eigenvalue weighted by molar-refractivity contribution is 7.99. The molecule has 0 saturated carbocycles. The summed E-state index contributed by atoms with van der Waals surface area (Å²) in [5, 5.41) is 13.6. The molecule has 154 valence electrons. The number of aliphatic hydroxyl groups excluding tert-OH is 1. The van der Waals surface area contributed by atoms with Crippen molar-refractivity contribution in [3.8, 4) is 0 Å². The van der Waals surface area contributed by atoms with Gasteiger partial charge < -0.3 is 10.4 Å². The number of anilines is 1. The van der Waals surface area contributed by atoms with E-state index in [9.17, 15) is 9.90 Å². The molecular weight excluding hydrogens is 354 g/mol. The Bertz CT molecular complexity index is 549. The van der Waals surface area contributed by atoms with Gasteiger partial charge in [0.15, 0.2) is 0 Å². The van der Waals surface area contributed by atoms with Crippen LogP contribution in [0.5, 0.6) is 0 Å². The van der Waals surface area contributed by atoms with E-state index in [0.717, 1.165) is 17.0 Å². The van der Waals surface area contributed by atoms with Crippen LogP contribution in [0.25, 0.3) is 0 Å². The van der Waals surface area contributed by atoms with Gasteiger partial charge in [0, 0.05) is 11.8 Å². The van der Waals surface area contributed by atoms with E-state index in [2.05, 4.69) is 33.0 Å². The molecule has 0 fully saturated rings. The predicted molar refractivity (Wildman–Crippen MR) is 118 cm³/mol. The molecule has 0 spiro atoms. The van der Waals surface area contributed by atoms with Gasteiger partial charge in [0.2, 0.25) is 5.91 Å². The van der Waals surface area contributed by atoms with Gasteiger partial charge in [-0.25, -0.2) is 0 Å². The van der Waals surface area contributed by atoms with Crippen LogP contribution >= 0.6 is 11.8 Å². The minimum Gasteiger partial charge on any atom is -0.382 e. The van der Waals surface area contributed by atoms with Crippen molar-refractivity contribution in [2.45, 2.75) is 89.9 Å². The maximum Gasteiger partial charge on any atom is 0.221 e. The number of benzene rings is 1. The lowest BCUT2D eigenvalue weighted by molar-refractivity contribution is -0.114. The first kappa shape index (κ1) is 24.0. The number of rotatable bonds is 13. The molecule has 1 rings (SSSR count). The fourth-order valence-electron chi connectivity index (χ4n) is 3.44. The average molecular weight is 394 g/mol. The van der Waals surface area contributed by atoms with Gasteiger partial charge in [0.25, 0.3) is 0 Å². The second kappa shape index (κ2) is 13.2. The first-order valence-electron chi connectivity index (χ1n) is 10.6. The summed E-state index contributed by atoms with van der Waals surface area (Å²) in [7, 11) is 0. The normalized spacial score (nSPS) is 15.8. The van der Waals surface area contributed by atoms with Gasteiger partial charge >= 0.3 is 0 Å². The van der Waals surface area contributed by atoms with E-state index in [4.69, 9.17) is 0 Å². The third kappa shape index (κ3) is 9.66. The van der Waals surface area contributed by atoms with E-state index in [1.165, 1.54) is 57.2 Å². The number of para-hydroxylation sites is 1. The monoisotopic (exact) mass is 393 g/mol. The number of carbonyl (C=O) groups is 1. The van der Waals surface area contributed by atoms with Crippen LogP contribution in [0.4, 0.5) is 5.69 Å². The van der Waals surface area contributed by atoms with Crippen molar-refractivity contribution in [2.24, 2.45) is 17.8 Å². The summed E-state index contributed by atoms with van der Waals surface area (Å²) in [4.78, 5) is 12.3. The van der Waals surface area contributed by atoms with E-state index in [0.29, 0.717) is 11.8 Å². The van der Waals surface area contributed by atoms with Crippen LogP contribution < -0.4 is 5.32 Å². The summed E-state index contributed by atoms with van der Waals surface area (Å²) >= 11 is 1.44. The SMILES string of the molecule is CCCCCCC[C@H](C)C[C@H](C)[C@H](C)[C@@H](O)Sc1ccccc1NC(C)=O. The summed E-state index contributed by atoms with van der Waals surface area (Å²) < 4.78 is 0. The lowest BCUT2D eigenvalue weighted by atomic mass is 9.85. The number of nitrogens with one attached hydrogen (secondary N) is 1. The zero-order chi connectivity index (χ0) is 20.2. The van der Waals surface area contributed by atoms with Crippen molar-refractivity contribution in [3.05, 3.63) is 24.3 Å². The summed E-state index contributed by atoms with van der Waals surface area (Å²) in [5.74, 6) is 1.27. The molecule has 1 amide bonds. The Kier molecular flexibility index (Phi) is 11.8. The molecule has 4 atom stereocenters. The Morgan fingerprint density at radius 2 is 1.78 bits per heavy atom. The number of hydrogen-bond acceptors (Lipinski definition) is 3. The van der Waals surface area contributed by atoms with Crippen molar-refractivity contribution in [1.29, 1.82) is 0 Å². The van der Waals surface area contributed by atoms with Crippen molar-refractivity contribution in [2.75, 3.05) is 5.32 Å². The summed E-state index contributed by atoms with van der Waals surface area (Å²) in [6, 6.07) is 7.67. The fourth-order valence-corrected chi connectivity index (χ4v) is 4.59. The van der Waals surface area contributed by atoms with Gasteiger partial charge in [-0.3, -0.25) is 4.79 Å². The van der Waals surface area contributed by atoms with Crippen molar-refractivity contribution in [3.63, 3.8) is 0 Å². The third-order valence-corrected chi connectivity index (χ3v) is 6.65. The summed E-state index contributed by atoms with van der Waals surface area (Å²) in [6.07, 6.45) is 9.12. The molecule has 1 aromatic rings. The molecule has 0 heterocycles. The van der Waals surface area contributed by atoms with Gasteiger partial charge in [0.05, 0.1) is 5.69 Å². The number of thioether (sulfide) groups is 1. The van der Waals surface area contributed by atoms with Gasteiger partial charge in [-0.05, 0) is 36.3 Å². The molecule has 0 aromatic heterocycles. The first-order valence-corrected chi connectivity index (χ1v) is 11.4. The number of carbonyl (C=O) groups excluding carboxylic acids is 1. The maximum absolute atomic E-state index is 11.4. The van der Waals surface area contributed by atoms with Crippen molar-refractivity contribution >= 4 is 23.4 Å². The zero-order valence-corrected chi connectivity index (χ0v) is 18.6. The third-order valence-electron chi connectivity index (χ3n) is 5.37. The van der Waals surface area contributed by atoms with Gasteiger partial charge in [-0.1, -0.05) is 90.1 Å². The highest BCUT2D eigenvalue weighted by atomic mass is 32.2. The molecule has 2 N–H and O–H groups in total. The summed E-state index contributed by atoms with van der Waals surface area (Å²) in [5.41, 5.74) is 0.293. The molecular formula is C23H39NO2S. The lowest BCUT2D eigenvalue weighted by Crippen LogP contribution is -2.22. The van der Waals surface area contributed by atoms with Gasteiger partial charge in [-0.15, -0.1) is 0 Å². The smallest absolute Gasteiger partial charge is 0.221 e. The van der Waals surface area contributed by atoms with Crippen molar-refractivity contribution < 1.29 is 9.90 Å². The topological polar surface area (TPSA) is 49.3 Å². The summed E-state index contributed by atoms with van der Waals surface area (Å²) in [6.45, 7) is 10.5. The van der Waals surface area contributed by atoms with E-state index in [-0.39, 0.29) is 11.8 Å². The van der Waals surface area contributed by atoms with Crippen LogP contribution in [0, 0.1) is 17.8 Å². The Morgan fingerprint density at radius 3 is 2.44 bits per heavy atom. The average Bonchev–Trinajstić information content (AvgIpc) is 2.62. The highest BCUT2D eigenvalue weighted by Crippen LogP contribution is 2.36. The molecule has 3 nitrogen and oxygen atoms in total. The van der Waals surface area contributed by atoms with Crippen LogP contribution in [0.1, 0.15) is 79.6 Å². The first-order chi connectivity index (χ1) is 12.8. The van der Waals surface area contributed by atoms with Crippen LogP contribution in [0.2, 0.25) is 0 Å². The van der Waals surface area contributed by atoms with Crippen LogP contribution in [0.15, 0.2) is 29.2 Å². The Balaban J connectivity index is 2.48. The van der Waals surface area contributed by atoms with Crippen molar-refractivity contribution in [1.82, 2.24) is 0 Å². The Morgan fingerprint density at radius 1 is 1.11 bits per heavy atom. The zero-order valence-electron chi connectivity index (χ0n) is 17.8. The predicted octanol–water partition coefficient (Wildman–Crippen LogP) is 6.71. The minimum absolute atomic E-state index is 0.0910. The molecule has 0 unspecified atom stereocenters. The minimum atomic E-state index is -0.480. The molecule has 0 aliphatic carbocycles. The fraction of sp³-hybridized carbons (Fsp3) is 0.696. The number of unbranched alkanes of at least 4 members (excludes halogenated alkanes) is 4. The quantitative estimate of drug-likeness (QED) is 0.222.